The third-order valence-electron chi connectivity index (χ3n) is 2.70. The summed E-state index contributed by atoms with van der Waals surface area (Å²) in [6.45, 7) is 0.437. The molecule has 0 saturated carbocycles. The van der Waals surface area contributed by atoms with Gasteiger partial charge >= 0.3 is 0 Å². The summed E-state index contributed by atoms with van der Waals surface area (Å²) >= 11 is 11.8. The zero-order chi connectivity index (χ0) is 14.7. The standard InChI is InChI=1S/C14H14Cl2N2O2/c1-18(2)14(19)9-3-5-11(15)12(7-9)17-8-10-4-6-13(16)20-10/h3-7,17H,8H2,1-2H3. The second-order valence-corrected chi connectivity index (χ2v) is 5.23. The molecule has 4 nitrogen and oxygen atoms in total. The highest BCUT2D eigenvalue weighted by Crippen LogP contribution is 2.24. The van der Waals surface area contributed by atoms with Crippen molar-refractivity contribution in [3.05, 3.63) is 51.9 Å². The Morgan fingerprint density at radius 2 is 2.00 bits per heavy atom. The number of anilines is 1. The second kappa shape index (κ2) is 6.20. The zero-order valence-electron chi connectivity index (χ0n) is 11.1. The summed E-state index contributed by atoms with van der Waals surface area (Å²) < 4.78 is 5.25. The molecule has 1 aromatic carbocycles. The van der Waals surface area contributed by atoms with Gasteiger partial charge in [-0.15, -0.1) is 0 Å². The topological polar surface area (TPSA) is 45.5 Å². The van der Waals surface area contributed by atoms with Crippen LogP contribution in [0.25, 0.3) is 0 Å². The van der Waals surface area contributed by atoms with E-state index >= 15 is 0 Å². The normalized spacial score (nSPS) is 10.4. The van der Waals surface area contributed by atoms with Crippen LogP contribution in [0.1, 0.15) is 16.1 Å². The third kappa shape index (κ3) is 3.46. The Morgan fingerprint density at radius 3 is 2.60 bits per heavy atom. The average Bonchev–Trinajstić information content (AvgIpc) is 2.82. The Balaban J connectivity index is 2.14. The molecule has 0 spiro atoms. The van der Waals surface area contributed by atoms with Crippen LogP contribution in [0.15, 0.2) is 34.7 Å². The number of halogens is 2. The van der Waals surface area contributed by atoms with Crippen molar-refractivity contribution in [1.29, 1.82) is 0 Å². The molecule has 0 unspecified atom stereocenters. The van der Waals surface area contributed by atoms with Gasteiger partial charge in [-0.05, 0) is 41.9 Å². The smallest absolute Gasteiger partial charge is 0.253 e. The number of hydrogen-bond donors (Lipinski definition) is 1. The van der Waals surface area contributed by atoms with Crippen molar-refractivity contribution < 1.29 is 9.21 Å². The molecule has 1 N–H and O–H groups in total. The fourth-order valence-electron chi connectivity index (χ4n) is 1.68. The molecule has 1 heterocycles. The lowest BCUT2D eigenvalue weighted by Crippen LogP contribution is -2.21. The summed E-state index contributed by atoms with van der Waals surface area (Å²) in [5.41, 5.74) is 1.24. The van der Waals surface area contributed by atoms with Gasteiger partial charge in [0, 0.05) is 19.7 Å². The molecule has 2 aromatic rings. The van der Waals surface area contributed by atoms with E-state index in [0.717, 1.165) is 0 Å². The van der Waals surface area contributed by atoms with Gasteiger partial charge in [-0.3, -0.25) is 4.79 Å². The fraction of sp³-hybridized carbons (Fsp3) is 0.214. The first kappa shape index (κ1) is 14.8. The van der Waals surface area contributed by atoms with Crippen LogP contribution in [-0.4, -0.2) is 24.9 Å². The molecule has 0 aliphatic rings. The second-order valence-electron chi connectivity index (χ2n) is 4.45. The van der Waals surface area contributed by atoms with E-state index in [1.165, 1.54) is 4.90 Å². The first-order valence-electron chi connectivity index (χ1n) is 5.96. The van der Waals surface area contributed by atoms with Crippen molar-refractivity contribution in [2.24, 2.45) is 0 Å². The minimum Gasteiger partial charge on any atom is -0.448 e. The van der Waals surface area contributed by atoms with Gasteiger partial charge in [0.05, 0.1) is 17.3 Å². The lowest BCUT2D eigenvalue weighted by atomic mass is 10.2. The molecule has 1 aromatic heterocycles. The minimum absolute atomic E-state index is 0.0780. The van der Waals surface area contributed by atoms with Crippen LogP contribution in [0.2, 0.25) is 10.2 Å². The highest BCUT2D eigenvalue weighted by atomic mass is 35.5. The molecule has 106 valence electrons. The number of hydrogen-bond acceptors (Lipinski definition) is 3. The highest BCUT2D eigenvalue weighted by Gasteiger charge is 2.11. The van der Waals surface area contributed by atoms with Crippen LogP contribution < -0.4 is 5.32 Å². The molecule has 2 rings (SSSR count). The van der Waals surface area contributed by atoms with Crippen molar-refractivity contribution >= 4 is 34.8 Å². The molecule has 0 saturated heterocycles. The van der Waals surface area contributed by atoms with Gasteiger partial charge in [0.25, 0.3) is 5.91 Å². The van der Waals surface area contributed by atoms with Gasteiger partial charge in [-0.1, -0.05) is 11.6 Å². The Bertz CT molecular complexity index is 623. The molecule has 0 aliphatic heterocycles. The summed E-state index contributed by atoms with van der Waals surface area (Å²) in [5, 5.41) is 4.00. The molecule has 0 aliphatic carbocycles. The predicted molar refractivity (Wildman–Crippen MR) is 80.5 cm³/mol. The lowest BCUT2D eigenvalue weighted by molar-refractivity contribution is 0.0827. The van der Waals surface area contributed by atoms with Gasteiger partial charge in [0.2, 0.25) is 0 Å². The van der Waals surface area contributed by atoms with E-state index in [1.54, 1.807) is 44.4 Å². The monoisotopic (exact) mass is 312 g/mol. The van der Waals surface area contributed by atoms with Gasteiger partial charge in [-0.2, -0.15) is 0 Å². The van der Waals surface area contributed by atoms with E-state index in [2.05, 4.69) is 5.32 Å². The molecule has 0 bridgehead atoms. The van der Waals surface area contributed by atoms with E-state index < -0.39 is 0 Å². The van der Waals surface area contributed by atoms with Crippen molar-refractivity contribution in [2.75, 3.05) is 19.4 Å². The first-order valence-corrected chi connectivity index (χ1v) is 6.72. The highest BCUT2D eigenvalue weighted by molar-refractivity contribution is 6.33. The Labute approximate surface area is 127 Å². The third-order valence-corrected chi connectivity index (χ3v) is 3.23. The molecule has 0 radical (unpaired) electrons. The maximum absolute atomic E-state index is 11.9. The number of rotatable bonds is 4. The lowest BCUT2D eigenvalue weighted by Gasteiger charge is -2.13. The van der Waals surface area contributed by atoms with Crippen LogP contribution in [-0.2, 0) is 6.54 Å². The van der Waals surface area contributed by atoms with E-state index in [1.807, 2.05) is 0 Å². The quantitative estimate of drug-likeness (QED) is 0.931. The number of benzene rings is 1. The number of amides is 1. The van der Waals surface area contributed by atoms with Crippen molar-refractivity contribution in [3.63, 3.8) is 0 Å². The fourth-order valence-corrected chi connectivity index (χ4v) is 2.03. The van der Waals surface area contributed by atoms with Crippen LogP contribution in [0, 0.1) is 0 Å². The Morgan fingerprint density at radius 1 is 1.25 bits per heavy atom. The van der Waals surface area contributed by atoms with Crippen molar-refractivity contribution in [3.8, 4) is 0 Å². The van der Waals surface area contributed by atoms with Crippen LogP contribution >= 0.6 is 23.2 Å². The SMILES string of the molecule is CN(C)C(=O)c1ccc(Cl)c(NCc2ccc(Cl)o2)c1. The Kier molecular flexibility index (Phi) is 4.57. The summed E-state index contributed by atoms with van der Waals surface area (Å²) in [7, 11) is 3.41. The van der Waals surface area contributed by atoms with E-state index in [-0.39, 0.29) is 5.91 Å². The van der Waals surface area contributed by atoms with E-state index in [4.69, 9.17) is 27.6 Å². The first-order chi connectivity index (χ1) is 9.47. The molecular formula is C14H14Cl2N2O2. The maximum Gasteiger partial charge on any atom is 0.253 e. The van der Waals surface area contributed by atoms with Crippen LogP contribution in [0.3, 0.4) is 0 Å². The number of furan rings is 1. The molecule has 20 heavy (non-hydrogen) atoms. The number of carbonyl (C=O) groups excluding carboxylic acids is 1. The zero-order valence-corrected chi connectivity index (χ0v) is 12.6. The van der Waals surface area contributed by atoms with Gasteiger partial charge in [-0.25, -0.2) is 0 Å². The number of nitrogens with zero attached hydrogens (tertiary/aromatic N) is 1. The van der Waals surface area contributed by atoms with Gasteiger partial charge in [0.1, 0.15) is 5.76 Å². The van der Waals surface area contributed by atoms with E-state index in [9.17, 15) is 4.79 Å². The summed E-state index contributed by atoms with van der Waals surface area (Å²) in [4.78, 5) is 13.4. The summed E-state index contributed by atoms with van der Waals surface area (Å²) in [6, 6.07) is 8.55. The largest absolute Gasteiger partial charge is 0.448 e. The molecule has 6 heteroatoms. The minimum atomic E-state index is -0.0780. The van der Waals surface area contributed by atoms with E-state index in [0.29, 0.717) is 33.8 Å². The summed E-state index contributed by atoms with van der Waals surface area (Å²) in [5.74, 6) is 0.612. The Hall–Kier alpha value is -1.65. The predicted octanol–water partition coefficient (Wildman–Crippen LogP) is 3.90. The van der Waals surface area contributed by atoms with Gasteiger partial charge < -0.3 is 14.6 Å². The average molecular weight is 313 g/mol. The molecule has 1 amide bonds. The number of carbonyl (C=O) groups is 1. The van der Waals surface area contributed by atoms with Crippen LogP contribution in [0.5, 0.6) is 0 Å². The molecule has 0 atom stereocenters. The van der Waals surface area contributed by atoms with Gasteiger partial charge in [0.15, 0.2) is 5.22 Å². The molecular weight excluding hydrogens is 299 g/mol. The summed E-state index contributed by atoms with van der Waals surface area (Å²) in [6.07, 6.45) is 0. The van der Waals surface area contributed by atoms with Crippen molar-refractivity contribution in [1.82, 2.24) is 4.90 Å². The van der Waals surface area contributed by atoms with Crippen molar-refractivity contribution in [2.45, 2.75) is 6.54 Å². The van der Waals surface area contributed by atoms with Crippen LogP contribution in [0.4, 0.5) is 5.69 Å². The maximum atomic E-state index is 11.9. The molecule has 0 fully saturated rings. The number of nitrogens with one attached hydrogen (secondary N) is 1.